The highest BCUT2D eigenvalue weighted by molar-refractivity contribution is 7.91. The molecule has 1 rings (SSSR count). The Hall–Kier alpha value is -1.14. The summed E-state index contributed by atoms with van der Waals surface area (Å²) in [7, 11) is -3.69. The number of hydrogen-bond acceptors (Lipinski definition) is 4. The molecule has 1 aromatic carbocycles. The van der Waals surface area contributed by atoms with Crippen LogP contribution in [0.3, 0.4) is 0 Å². The first-order chi connectivity index (χ1) is 8.27. The number of nitro groups is 1. The molecular weight excluding hydrogens is 278 g/mol. The van der Waals surface area contributed by atoms with Crippen molar-refractivity contribution in [3.8, 4) is 0 Å². The van der Waals surface area contributed by atoms with Gasteiger partial charge in [-0.1, -0.05) is 13.0 Å². The Balaban J connectivity index is 3.28. The van der Waals surface area contributed by atoms with Crippen molar-refractivity contribution in [2.24, 2.45) is 5.92 Å². The van der Waals surface area contributed by atoms with Crippen molar-refractivity contribution in [2.75, 3.05) is 11.6 Å². The van der Waals surface area contributed by atoms with Gasteiger partial charge in [0.2, 0.25) is 0 Å². The molecule has 0 aliphatic carbocycles. The van der Waals surface area contributed by atoms with E-state index in [9.17, 15) is 18.5 Å². The van der Waals surface area contributed by atoms with E-state index in [0.717, 1.165) is 0 Å². The molecule has 0 saturated carbocycles. The Morgan fingerprint density at radius 3 is 2.56 bits per heavy atom. The van der Waals surface area contributed by atoms with E-state index >= 15 is 0 Å². The fourth-order valence-electron chi connectivity index (χ4n) is 1.54. The molecule has 18 heavy (non-hydrogen) atoms. The highest BCUT2D eigenvalue weighted by Gasteiger charge is 2.27. The monoisotopic (exact) mass is 291 g/mol. The van der Waals surface area contributed by atoms with E-state index in [0.29, 0.717) is 5.56 Å². The Bertz CT molecular complexity index is 556. The third-order valence-corrected chi connectivity index (χ3v) is 4.96. The average molecular weight is 292 g/mol. The van der Waals surface area contributed by atoms with Gasteiger partial charge in [-0.05, 0) is 24.5 Å². The molecule has 0 aromatic heterocycles. The Labute approximate surface area is 111 Å². The maximum absolute atomic E-state index is 12.1. The van der Waals surface area contributed by atoms with Gasteiger partial charge in [-0.3, -0.25) is 10.1 Å². The van der Waals surface area contributed by atoms with Crippen LogP contribution in [-0.4, -0.2) is 25.0 Å². The van der Waals surface area contributed by atoms with Crippen molar-refractivity contribution in [1.29, 1.82) is 0 Å². The Morgan fingerprint density at radius 2 is 2.06 bits per heavy atom. The third-order valence-electron chi connectivity index (χ3n) is 2.41. The molecule has 0 aliphatic rings. The van der Waals surface area contributed by atoms with Gasteiger partial charge in [0, 0.05) is 11.9 Å². The van der Waals surface area contributed by atoms with Crippen molar-refractivity contribution >= 4 is 27.1 Å². The molecule has 5 nitrogen and oxygen atoms in total. The quantitative estimate of drug-likeness (QED) is 0.474. The minimum Gasteiger partial charge on any atom is -0.258 e. The smallest absolute Gasteiger partial charge is 0.258 e. The lowest BCUT2D eigenvalue weighted by Crippen LogP contribution is -2.16. The topological polar surface area (TPSA) is 77.3 Å². The summed E-state index contributed by atoms with van der Waals surface area (Å²) in [6, 6.07) is 4.09. The van der Waals surface area contributed by atoms with Gasteiger partial charge in [0.05, 0.1) is 10.7 Å². The zero-order chi connectivity index (χ0) is 13.9. The number of nitrogens with zero attached hydrogens (tertiary/aromatic N) is 1. The summed E-state index contributed by atoms with van der Waals surface area (Å²) in [6.07, 6.45) is 0. The van der Waals surface area contributed by atoms with Crippen LogP contribution < -0.4 is 0 Å². The van der Waals surface area contributed by atoms with Crippen LogP contribution in [0.2, 0.25) is 0 Å². The average Bonchev–Trinajstić information content (AvgIpc) is 2.27. The Morgan fingerprint density at radius 1 is 1.44 bits per heavy atom. The lowest BCUT2D eigenvalue weighted by molar-refractivity contribution is -0.387. The normalized spacial score (nSPS) is 13.3. The number of sulfone groups is 1. The van der Waals surface area contributed by atoms with E-state index in [1.54, 1.807) is 19.9 Å². The molecule has 7 heteroatoms. The standard InChI is InChI=1S/C11H14ClNO4S/c1-8-3-4-11(10(5-8)13(14)15)18(16,17)7-9(2)6-12/h3-5,9H,6-7H2,1-2H3. The van der Waals surface area contributed by atoms with Gasteiger partial charge in [-0.25, -0.2) is 8.42 Å². The van der Waals surface area contributed by atoms with Crippen LogP contribution in [0.1, 0.15) is 12.5 Å². The summed E-state index contributed by atoms with van der Waals surface area (Å²) >= 11 is 5.57. The minimum absolute atomic E-state index is 0.193. The van der Waals surface area contributed by atoms with Crippen molar-refractivity contribution < 1.29 is 13.3 Å². The predicted molar refractivity (Wildman–Crippen MR) is 69.8 cm³/mol. The molecule has 1 unspecified atom stereocenters. The van der Waals surface area contributed by atoms with Crippen LogP contribution >= 0.6 is 11.6 Å². The molecule has 0 bridgehead atoms. The van der Waals surface area contributed by atoms with E-state index in [2.05, 4.69) is 0 Å². The summed E-state index contributed by atoms with van der Waals surface area (Å²) in [5, 5.41) is 10.9. The first-order valence-corrected chi connectivity index (χ1v) is 7.50. The molecule has 0 saturated heterocycles. The van der Waals surface area contributed by atoms with Crippen molar-refractivity contribution in [1.82, 2.24) is 0 Å². The molecule has 1 aromatic rings. The zero-order valence-electron chi connectivity index (χ0n) is 10.1. The fourth-order valence-corrected chi connectivity index (χ4v) is 3.55. The van der Waals surface area contributed by atoms with Crippen LogP contribution in [0.25, 0.3) is 0 Å². The zero-order valence-corrected chi connectivity index (χ0v) is 11.7. The number of halogens is 1. The molecule has 1 atom stereocenters. The van der Waals surface area contributed by atoms with Crippen LogP contribution in [0, 0.1) is 23.0 Å². The SMILES string of the molecule is Cc1ccc(S(=O)(=O)CC(C)CCl)c([N+](=O)[O-])c1. The van der Waals surface area contributed by atoms with Gasteiger partial charge in [0.25, 0.3) is 5.69 Å². The van der Waals surface area contributed by atoms with Crippen LogP contribution in [-0.2, 0) is 9.84 Å². The number of rotatable bonds is 5. The van der Waals surface area contributed by atoms with Crippen LogP contribution in [0.15, 0.2) is 23.1 Å². The van der Waals surface area contributed by atoms with Crippen molar-refractivity contribution in [3.63, 3.8) is 0 Å². The van der Waals surface area contributed by atoms with Crippen LogP contribution in [0.4, 0.5) is 5.69 Å². The number of aryl methyl sites for hydroxylation is 1. The third kappa shape index (κ3) is 3.43. The van der Waals surface area contributed by atoms with Gasteiger partial charge in [-0.15, -0.1) is 11.6 Å². The molecule has 0 N–H and O–H groups in total. The second kappa shape index (κ2) is 5.67. The van der Waals surface area contributed by atoms with E-state index in [1.165, 1.54) is 12.1 Å². The molecule has 0 heterocycles. The molecule has 0 aliphatic heterocycles. The van der Waals surface area contributed by atoms with E-state index < -0.39 is 14.8 Å². The highest BCUT2D eigenvalue weighted by atomic mass is 35.5. The molecule has 0 amide bonds. The largest absolute Gasteiger partial charge is 0.288 e. The lowest BCUT2D eigenvalue weighted by Gasteiger charge is -2.09. The second-order valence-electron chi connectivity index (χ2n) is 4.27. The molecular formula is C11H14ClNO4S. The number of nitro benzene ring substituents is 1. The summed E-state index contributed by atoms with van der Waals surface area (Å²) in [4.78, 5) is 9.97. The fraction of sp³-hybridized carbons (Fsp3) is 0.455. The van der Waals surface area contributed by atoms with Gasteiger partial charge >= 0.3 is 0 Å². The number of alkyl halides is 1. The maximum atomic E-state index is 12.1. The van der Waals surface area contributed by atoms with Crippen molar-refractivity contribution in [3.05, 3.63) is 33.9 Å². The summed E-state index contributed by atoms with van der Waals surface area (Å²) in [5.74, 6) is -0.253. The van der Waals surface area contributed by atoms with E-state index in [4.69, 9.17) is 11.6 Å². The first kappa shape index (κ1) is 14.9. The Kier molecular flexibility index (Phi) is 4.70. The van der Waals surface area contributed by atoms with Gasteiger partial charge in [0.15, 0.2) is 9.84 Å². The molecule has 0 fully saturated rings. The van der Waals surface area contributed by atoms with Crippen LogP contribution in [0.5, 0.6) is 0 Å². The number of benzene rings is 1. The number of hydrogen-bond donors (Lipinski definition) is 0. The van der Waals surface area contributed by atoms with E-state index in [-0.39, 0.29) is 28.1 Å². The van der Waals surface area contributed by atoms with E-state index in [1.807, 2.05) is 0 Å². The lowest BCUT2D eigenvalue weighted by atomic mass is 10.2. The molecule has 100 valence electrons. The predicted octanol–water partition coefficient (Wildman–Crippen LogP) is 2.55. The summed E-state index contributed by atoms with van der Waals surface area (Å²) in [6.45, 7) is 3.36. The van der Waals surface area contributed by atoms with Gasteiger partial charge < -0.3 is 0 Å². The maximum Gasteiger partial charge on any atom is 0.288 e. The second-order valence-corrected chi connectivity index (χ2v) is 6.58. The minimum atomic E-state index is -3.69. The highest BCUT2D eigenvalue weighted by Crippen LogP contribution is 2.27. The first-order valence-electron chi connectivity index (χ1n) is 5.31. The summed E-state index contributed by atoms with van der Waals surface area (Å²) < 4.78 is 24.1. The van der Waals surface area contributed by atoms with Crippen molar-refractivity contribution in [2.45, 2.75) is 18.7 Å². The van der Waals surface area contributed by atoms with Gasteiger partial charge in [0.1, 0.15) is 4.90 Å². The molecule has 0 radical (unpaired) electrons. The van der Waals surface area contributed by atoms with Gasteiger partial charge in [-0.2, -0.15) is 0 Å². The molecule has 0 spiro atoms. The summed E-state index contributed by atoms with van der Waals surface area (Å²) in [5.41, 5.74) is 0.266.